The first-order valence-electron chi connectivity index (χ1n) is 9.41. The second-order valence-electron chi connectivity index (χ2n) is 6.65. The van der Waals surface area contributed by atoms with Gasteiger partial charge in [-0.05, 0) is 67.8 Å². The van der Waals surface area contributed by atoms with Crippen molar-refractivity contribution in [3.63, 3.8) is 0 Å². The van der Waals surface area contributed by atoms with Crippen LogP contribution in [0.15, 0.2) is 47.9 Å². The maximum atomic E-state index is 13.1. The first-order valence-corrected chi connectivity index (χ1v) is 11.0. The molecule has 0 N–H and O–H groups in total. The minimum Gasteiger partial charge on any atom is -0.490 e. The van der Waals surface area contributed by atoms with Gasteiger partial charge in [-0.3, -0.25) is 9.69 Å². The Labute approximate surface area is 191 Å². The highest BCUT2D eigenvalue weighted by Crippen LogP contribution is 2.40. The van der Waals surface area contributed by atoms with Crippen LogP contribution < -0.4 is 14.4 Å². The average Bonchev–Trinajstić information content (AvgIpc) is 2.97. The molecule has 0 bridgehead atoms. The fourth-order valence-corrected chi connectivity index (χ4v) is 4.50. The van der Waals surface area contributed by atoms with E-state index in [2.05, 4.69) is 6.58 Å². The van der Waals surface area contributed by atoms with Crippen molar-refractivity contribution in [2.75, 3.05) is 18.1 Å². The molecule has 0 unspecified atom stereocenters. The zero-order valence-electron chi connectivity index (χ0n) is 17.0. The zero-order valence-corrected chi connectivity index (χ0v) is 19.4. The van der Waals surface area contributed by atoms with Crippen LogP contribution in [0, 0.1) is 13.8 Å². The van der Waals surface area contributed by atoms with Gasteiger partial charge in [0.25, 0.3) is 5.91 Å². The zero-order chi connectivity index (χ0) is 21.8. The van der Waals surface area contributed by atoms with Gasteiger partial charge >= 0.3 is 0 Å². The van der Waals surface area contributed by atoms with Crippen molar-refractivity contribution in [3.8, 4) is 11.5 Å². The van der Waals surface area contributed by atoms with Crippen LogP contribution in [0.4, 0.5) is 5.69 Å². The molecular weight excluding hydrogens is 438 g/mol. The van der Waals surface area contributed by atoms with Crippen molar-refractivity contribution in [1.29, 1.82) is 0 Å². The Bertz CT molecular complexity index is 1050. The number of aryl methyl sites for hydroxylation is 2. The average molecular weight is 460 g/mol. The maximum absolute atomic E-state index is 13.1. The number of thiocarbonyl (C=S) groups is 1. The Kier molecular flexibility index (Phi) is 7.23. The third kappa shape index (κ3) is 4.72. The van der Waals surface area contributed by atoms with E-state index in [-0.39, 0.29) is 5.91 Å². The van der Waals surface area contributed by atoms with Crippen LogP contribution in [-0.4, -0.2) is 23.4 Å². The Morgan fingerprint density at radius 2 is 1.97 bits per heavy atom. The molecule has 7 heteroatoms. The van der Waals surface area contributed by atoms with Crippen LogP contribution >= 0.6 is 35.6 Å². The number of hydrogen-bond donors (Lipinski definition) is 0. The van der Waals surface area contributed by atoms with E-state index >= 15 is 0 Å². The topological polar surface area (TPSA) is 38.8 Å². The van der Waals surface area contributed by atoms with Gasteiger partial charge in [0, 0.05) is 0 Å². The summed E-state index contributed by atoms with van der Waals surface area (Å²) >= 11 is 13.2. The lowest BCUT2D eigenvalue weighted by Gasteiger charge is -2.16. The van der Waals surface area contributed by atoms with Gasteiger partial charge in [0.15, 0.2) is 15.8 Å². The normalized spacial score (nSPS) is 15.1. The number of ether oxygens (including phenoxy) is 2. The van der Waals surface area contributed by atoms with Crippen LogP contribution in [0.25, 0.3) is 6.08 Å². The molecule has 1 fully saturated rings. The van der Waals surface area contributed by atoms with Gasteiger partial charge in [-0.25, -0.2) is 0 Å². The van der Waals surface area contributed by atoms with Gasteiger partial charge in [-0.2, -0.15) is 0 Å². The van der Waals surface area contributed by atoms with E-state index < -0.39 is 0 Å². The second-order valence-corrected chi connectivity index (χ2v) is 8.73. The smallest absolute Gasteiger partial charge is 0.270 e. The SMILES string of the molecule is C=CCOc1c(Cl)cc(C=C2SC(=S)N(c3ccc(C)c(C)c3)C2=O)cc1OCC. The van der Waals surface area contributed by atoms with Crippen LogP contribution in [0.5, 0.6) is 11.5 Å². The van der Waals surface area contributed by atoms with Crippen LogP contribution in [0.2, 0.25) is 5.02 Å². The first kappa shape index (κ1) is 22.4. The van der Waals surface area contributed by atoms with Crippen LogP contribution in [0.1, 0.15) is 23.6 Å². The number of amides is 1. The number of nitrogens with zero attached hydrogens (tertiary/aromatic N) is 1. The molecule has 2 aromatic rings. The molecule has 0 aliphatic carbocycles. The third-order valence-electron chi connectivity index (χ3n) is 4.52. The molecule has 0 atom stereocenters. The molecule has 1 aliphatic rings. The van der Waals surface area contributed by atoms with Crippen molar-refractivity contribution in [2.24, 2.45) is 0 Å². The van der Waals surface area contributed by atoms with Gasteiger partial charge in [0.2, 0.25) is 0 Å². The number of anilines is 1. The summed E-state index contributed by atoms with van der Waals surface area (Å²) in [5, 5.41) is 0.402. The van der Waals surface area contributed by atoms with Crippen molar-refractivity contribution >= 4 is 57.6 Å². The fraction of sp³-hybridized carbons (Fsp3) is 0.217. The Balaban J connectivity index is 1.94. The van der Waals surface area contributed by atoms with E-state index in [1.54, 1.807) is 29.2 Å². The third-order valence-corrected chi connectivity index (χ3v) is 6.10. The molecule has 0 spiro atoms. The van der Waals surface area contributed by atoms with Crippen LogP contribution in [-0.2, 0) is 4.79 Å². The highest BCUT2D eigenvalue weighted by Gasteiger charge is 2.33. The number of carbonyl (C=O) groups is 1. The summed E-state index contributed by atoms with van der Waals surface area (Å²) in [4.78, 5) is 15.2. The van der Waals surface area contributed by atoms with Crippen molar-refractivity contribution in [1.82, 2.24) is 0 Å². The number of carbonyl (C=O) groups excluding carboxylic acids is 1. The molecule has 30 heavy (non-hydrogen) atoms. The number of thioether (sulfide) groups is 1. The summed E-state index contributed by atoms with van der Waals surface area (Å²) in [5.74, 6) is 0.815. The molecule has 0 aromatic heterocycles. The summed E-state index contributed by atoms with van der Waals surface area (Å²) in [6, 6.07) is 9.41. The van der Waals surface area contributed by atoms with Crippen molar-refractivity contribution < 1.29 is 14.3 Å². The highest BCUT2D eigenvalue weighted by molar-refractivity contribution is 8.27. The number of benzene rings is 2. The quantitative estimate of drug-likeness (QED) is 0.275. The maximum Gasteiger partial charge on any atom is 0.270 e. The molecule has 156 valence electrons. The molecule has 1 aliphatic heterocycles. The number of hydrogen-bond acceptors (Lipinski definition) is 5. The standard InChI is InChI=1S/C23H22ClNO3S2/c1-5-9-28-21-18(24)11-16(12-19(21)27-6-2)13-20-22(26)25(23(29)30-20)17-8-7-14(3)15(4)10-17/h5,7-8,10-13H,1,6,9H2,2-4H3. The number of rotatable bonds is 7. The van der Waals surface area contributed by atoms with Gasteiger partial charge in [0.05, 0.1) is 22.2 Å². The molecule has 4 nitrogen and oxygen atoms in total. The lowest BCUT2D eigenvalue weighted by Crippen LogP contribution is -2.27. The summed E-state index contributed by atoms with van der Waals surface area (Å²) < 4.78 is 11.8. The minimum absolute atomic E-state index is 0.158. The molecule has 1 heterocycles. The molecule has 1 saturated heterocycles. The number of halogens is 1. The minimum atomic E-state index is -0.158. The van der Waals surface area contributed by atoms with E-state index in [0.717, 1.165) is 22.4 Å². The molecule has 3 rings (SSSR count). The largest absolute Gasteiger partial charge is 0.490 e. The molecule has 0 saturated carbocycles. The monoisotopic (exact) mass is 459 g/mol. The molecule has 2 aromatic carbocycles. The fourth-order valence-electron chi connectivity index (χ4n) is 2.92. The van der Waals surface area contributed by atoms with E-state index in [4.69, 9.17) is 33.3 Å². The molecule has 0 radical (unpaired) electrons. The van der Waals surface area contributed by atoms with Crippen molar-refractivity contribution in [2.45, 2.75) is 20.8 Å². The molecule has 1 amide bonds. The van der Waals surface area contributed by atoms with Crippen LogP contribution in [0.3, 0.4) is 0 Å². The predicted octanol–water partition coefficient (Wildman–Crippen LogP) is 6.33. The Morgan fingerprint density at radius 3 is 2.63 bits per heavy atom. The van der Waals surface area contributed by atoms with Gasteiger partial charge in [-0.1, -0.05) is 54.3 Å². The summed E-state index contributed by atoms with van der Waals surface area (Å²) in [5.41, 5.74) is 3.77. The molecular formula is C23H22ClNO3S2. The van der Waals surface area contributed by atoms with E-state index in [1.165, 1.54) is 11.8 Å². The summed E-state index contributed by atoms with van der Waals surface area (Å²) in [7, 11) is 0. The summed E-state index contributed by atoms with van der Waals surface area (Å²) in [6.07, 6.45) is 3.41. The Morgan fingerprint density at radius 1 is 1.20 bits per heavy atom. The van der Waals surface area contributed by atoms with Gasteiger partial charge < -0.3 is 9.47 Å². The van der Waals surface area contributed by atoms with E-state index in [0.29, 0.717) is 39.0 Å². The second kappa shape index (κ2) is 9.69. The first-order chi connectivity index (χ1) is 14.3. The highest BCUT2D eigenvalue weighted by atomic mass is 35.5. The van der Waals surface area contributed by atoms with Crippen molar-refractivity contribution in [3.05, 3.63) is 69.6 Å². The predicted molar refractivity (Wildman–Crippen MR) is 130 cm³/mol. The Hall–Kier alpha value is -2.28. The van der Waals surface area contributed by atoms with E-state index in [9.17, 15) is 4.79 Å². The van der Waals surface area contributed by atoms with E-state index in [1.807, 2.05) is 39.0 Å². The van der Waals surface area contributed by atoms with Gasteiger partial charge in [0.1, 0.15) is 6.61 Å². The lowest BCUT2D eigenvalue weighted by atomic mass is 10.1. The summed E-state index contributed by atoms with van der Waals surface area (Å²) in [6.45, 7) is 10.3. The van der Waals surface area contributed by atoms with Gasteiger partial charge in [-0.15, -0.1) is 0 Å². The lowest BCUT2D eigenvalue weighted by molar-refractivity contribution is -0.113.